The SMILES string of the molecule is CCNC(=O)[C@H](CC)N(Cc1cccc(OC)c1)C(=O)COc1ccccc1C(C)(C)C. The standard InChI is InChI=1S/C26H36N2O4/c1-7-22(25(30)27-8-2)28(17-19-12-11-13-20(16-19)31-6)24(29)18-32-23-15-10-9-14-21(23)26(3,4)5/h9-16,22H,7-8,17-18H2,1-6H3,(H,27,30)/t22-/m0/s1. The fourth-order valence-corrected chi connectivity index (χ4v) is 3.61. The topological polar surface area (TPSA) is 67.9 Å². The predicted molar refractivity (Wildman–Crippen MR) is 127 cm³/mol. The third kappa shape index (κ3) is 6.74. The molecule has 1 N–H and O–H groups in total. The van der Waals surface area contributed by atoms with E-state index in [9.17, 15) is 9.59 Å². The van der Waals surface area contributed by atoms with Gasteiger partial charge in [-0.25, -0.2) is 0 Å². The molecule has 0 heterocycles. The number of benzene rings is 2. The molecule has 0 aliphatic heterocycles. The molecule has 2 aromatic carbocycles. The van der Waals surface area contributed by atoms with Crippen molar-refractivity contribution in [1.82, 2.24) is 10.2 Å². The molecule has 6 heteroatoms. The summed E-state index contributed by atoms with van der Waals surface area (Å²) in [6, 6.07) is 14.7. The number of hydrogen-bond acceptors (Lipinski definition) is 4. The minimum atomic E-state index is -0.588. The van der Waals surface area contributed by atoms with Gasteiger partial charge in [-0.2, -0.15) is 0 Å². The lowest BCUT2D eigenvalue weighted by Gasteiger charge is -2.31. The van der Waals surface area contributed by atoms with Crippen LogP contribution in [-0.4, -0.2) is 43.0 Å². The molecule has 0 fully saturated rings. The highest BCUT2D eigenvalue weighted by molar-refractivity contribution is 5.88. The first-order valence-corrected chi connectivity index (χ1v) is 11.1. The zero-order chi connectivity index (χ0) is 23.7. The highest BCUT2D eigenvalue weighted by Crippen LogP contribution is 2.31. The number of carbonyl (C=O) groups excluding carboxylic acids is 2. The normalized spacial score (nSPS) is 12.1. The van der Waals surface area contributed by atoms with Crippen LogP contribution in [0.2, 0.25) is 0 Å². The van der Waals surface area contributed by atoms with Gasteiger partial charge in [0, 0.05) is 13.1 Å². The number of ether oxygens (including phenoxy) is 2. The lowest BCUT2D eigenvalue weighted by atomic mass is 9.86. The number of methoxy groups -OCH3 is 1. The fourth-order valence-electron chi connectivity index (χ4n) is 3.61. The van der Waals surface area contributed by atoms with Crippen molar-refractivity contribution in [2.45, 2.75) is 59.0 Å². The summed E-state index contributed by atoms with van der Waals surface area (Å²) in [7, 11) is 1.60. The first kappa shape index (κ1) is 25.2. The Morgan fingerprint density at radius 2 is 1.78 bits per heavy atom. The van der Waals surface area contributed by atoms with Gasteiger partial charge in [-0.3, -0.25) is 9.59 Å². The van der Waals surface area contributed by atoms with Gasteiger partial charge in [0.25, 0.3) is 5.91 Å². The number of hydrogen-bond donors (Lipinski definition) is 1. The Balaban J connectivity index is 2.28. The van der Waals surface area contributed by atoms with Crippen molar-refractivity contribution in [3.63, 3.8) is 0 Å². The summed E-state index contributed by atoms with van der Waals surface area (Å²) < 4.78 is 11.3. The molecule has 0 bridgehead atoms. The summed E-state index contributed by atoms with van der Waals surface area (Å²) in [5.41, 5.74) is 1.80. The maximum absolute atomic E-state index is 13.3. The van der Waals surface area contributed by atoms with Crippen LogP contribution < -0.4 is 14.8 Å². The van der Waals surface area contributed by atoms with E-state index in [1.807, 2.05) is 62.4 Å². The van der Waals surface area contributed by atoms with Gasteiger partial charge in [0.1, 0.15) is 17.5 Å². The van der Waals surface area contributed by atoms with Gasteiger partial charge in [-0.05, 0) is 48.1 Å². The largest absolute Gasteiger partial charge is 0.497 e. The molecule has 2 rings (SSSR count). The molecule has 0 radical (unpaired) electrons. The van der Waals surface area contributed by atoms with Crippen LogP contribution in [0.15, 0.2) is 48.5 Å². The summed E-state index contributed by atoms with van der Waals surface area (Å²) in [6.45, 7) is 10.7. The molecule has 2 aromatic rings. The zero-order valence-corrected chi connectivity index (χ0v) is 20.1. The van der Waals surface area contributed by atoms with Crippen molar-refractivity contribution < 1.29 is 19.1 Å². The number of amides is 2. The molecule has 6 nitrogen and oxygen atoms in total. The highest BCUT2D eigenvalue weighted by Gasteiger charge is 2.29. The van der Waals surface area contributed by atoms with E-state index in [4.69, 9.17) is 9.47 Å². The molecule has 32 heavy (non-hydrogen) atoms. The average Bonchev–Trinajstić information content (AvgIpc) is 2.77. The summed E-state index contributed by atoms with van der Waals surface area (Å²) in [4.78, 5) is 27.7. The average molecular weight is 441 g/mol. The number of rotatable bonds is 10. The number of carbonyl (C=O) groups is 2. The van der Waals surface area contributed by atoms with Crippen LogP contribution in [-0.2, 0) is 21.5 Å². The summed E-state index contributed by atoms with van der Waals surface area (Å²) >= 11 is 0. The molecule has 1 atom stereocenters. The second-order valence-corrected chi connectivity index (χ2v) is 8.73. The van der Waals surface area contributed by atoms with Crippen LogP contribution >= 0.6 is 0 Å². The number of nitrogens with one attached hydrogen (secondary N) is 1. The van der Waals surface area contributed by atoms with Crippen molar-refractivity contribution in [2.24, 2.45) is 0 Å². The molecule has 0 aromatic heterocycles. The third-order valence-corrected chi connectivity index (χ3v) is 5.27. The minimum absolute atomic E-state index is 0.118. The highest BCUT2D eigenvalue weighted by atomic mass is 16.5. The molecule has 0 spiro atoms. The van der Waals surface area contributed by atoms with Crippen LogP contribution in [0.25, 0.3) is 0 Å². The Kier molecular flexibility index (Phi) is 9.12. The van der Waals surface area contributed by atoms with Gasteiger partial charge >= 0.3 is 0 Å². The lowest BCUT2D eigenvalue weighted by Crippen LogP contribution is -2.50. The lowest BCUT2D eigenvalue weighted by molar-refractivity contribution is -0.142. The molecular formula is C26H36N2O4. The van der Waals surface area contributed by atoms with E-state index >= 15 is 0 Å². The van der Waals surface area contributed by atoms with Crippen LogP contribution in [0.5, 0.6) is 11.5 Å². The Morgan fingerprint density at radius 1 is 1.06 bits per heavy atom. The van der Waals surface area contributed by atoms with E-state index in [1.165, 1.54) is 0 Å². The molecule has 0 unspecified atom stereocenters. The maximum atomic E-state index is 13.3. The van der Waals surface area contributed by atoms with E-state index in [0.29, 0.717) is 24.5 Å². The van der Waals surface area contributed by atoms with Crippen LogP contribution in [0.3, 0.4) is 0 Å². The van der Waals surface area contributed by atoms with Crippen molar-refractivity contribution in [3.8, 4) is 11.5 Å². The van der Waals surface area contributed by atoms with Crippen molar-refractivity contribution >= 4 is 11.8 Å². The zero-order valence-electron chi connectivity index (χ0n) is 20.1. The smallest absolute Gasteiger partial charge is 0.261 e. The summed E-state index contributed by atoms with van der Waals surface area (Å²) in [5.74, 6) is 0.980. The van der Waals surface area contributed by atoms with Gasteiger partial charge in [0.2, 0.25) is 5.91 Å². The van der Waals surface area contributed by atoms with Gasteiger partial charge in [0.15, 0.2) is 6.61 Å². The Morgan fingerprint density at radius 3 is 2.41 bits per heavy atom. The van der Waals surface area contributed by atoms with Crippen LogP contribution in [0, 0.1) is 0 Å². The van der Waals surface area contributed by atoms with Crippen LogP contribution in [0.1, 0.15) is 52.2 Å². The van der Waals surface area contributed by atoms with E-state index in [2.05, 4.69) is 26.1 Å². The molecule has 0 saturated carbocycles. The van der Waals surface area contributed by atoms with Crippen LogP contribution in [0.4, 0.5) is 0 Å². The summed E-state index contributed by atoms with van der Waals surface area (Å²) in [6.07, 6.45) is 0.500. The first-order chi connectivity index (χ1) is 15.2. The first-order valence-electron chi connectivity index (χ1n) is 11.1. The maximum Gasteiger partial charge on any atom is 0.261 e. The number of nitrogens with zero attached hydrogens (tertiary/aromatic N) is 1. The second-order valence-electron chi connectivity index (χ2n) is 8.73. The van der Waals surface area contributed by atoms with Gasteiger partial charge < -0.3 is 19.7 Å². The quantitative estimate of drug-likeness (QED) is 0.598. The van der Waals surface area contributed by atoms with Gasteiger partial charge in [-0.1, -0.05) is 58.0 Å². The fraction of sp³-hybridized carbons (Fsp3) is 0.462. The Bertz CT molecular complexity index is 905. The number of para-hydroxylation sites is 1. The van der Waals surface area contributed by atoms with Crippen molar-refractivity contribution in [2.75, 3.05) is 20.3 Å². The molecular weight excluding hydrogens is 404 g/mol. The third-order valence-electron chi connectivity index (χ3n) is 5.27. The molecule has 0 saturated heterocycles. The van der Waals surface area contributed by atoms with E-state index in [1.54, 1.807) is 12.0 Å². The van der Waals surface area contributed by atoms with E-state index in [-0.39, 0.29) is 30.4 Å². The van der Waals surface area contributed by atoms with Gasteiger partial charge in [-0.15, -0.1) is 0 Å². The Hall–Kier alpha value is -3.02. The predicted octanol–water partition coefficient (Wildman–Crippen LogP) is 4.32. The van der Waals surface area contributed by atoms with Crippen molar-refractivity contribution in [3.05, 3.63) is 59.7 Å². The van der Waals surface area contributed by atoms with E-state index in [0.717, 1.165) is 11.1 Å². The Labute approximate surface area is 191 Å². The van der Waals surface area contributed by atoms with E-state index < -0.39 is 6.04 Å². The molecule has 0 aliphatic carbocycles. The van der Waals surface area contributed by atoms with Gasteiger partial charge in [0.05, 0.1) is 7.11 Å². The minimum Gasteiger partial charge on any atom is -0.497 e. The second kappa shape index (κ2) is 11.6. The molecule has 0 aliphatic rings. The monoisotopic (exact) mass is 440 g/mol. The van der Waals surface area contributed by atoms with Crippen molar-refractivity contribution in [1.29, 1.82) is 0 Å². The number of likely N-dealkylation sites (N-methyl/N-ethyl adjacent to an activating group) is 1. The molecule has 2 amide bonds. The summed E-state index contributed by atoms with van der Waals surface area (Å²) in [5, 5.41) is 2.84. The molecule has 174 valence electrons.